The maximum atomic E-state index is 14.0. The molecule has 1 aromatic carbocycles. The second-order valence-corrected chi connectivity index (χ2v) is 6.02. The van der Waals surface area contributed by atoms with E-state index in [1.165, 1.54) is 6.33 Å². The van der Waals surface area contributed by atoms with Gasteiger partial charge in [-0.2, -0.15) is 8.78 Å². The van der Waals surface area contributed by atoms with E-state index in [0.717, 1.165) is 6.42 Å². The molecule has 0 saturated heterocycles. The Morgan fingerprint density at radius 3 is 2.07 bits per heavy atom. The van der Waals surface area contributed by atoms with E-state index < -0.39 is 42.3 Å². The van der Waals surface area contributed by atoms with Crippen molar-refractivity contribution in [2.75, 3.05) is 6.61 Å². The smallest absolute Gasteiger partial charge is 0.762 e. The van der Waals surface area contributed by atoms with Gasteiger partial charge in [-0.15, -0.1) is 0 Å². The number of halogens is 9. The molecule has 2 atom stereocenters. The predicted octanol–water partition coefficient (Wildman–Crippen LogP) is 0.857. The van der Waals surface area contributed by atoms with Gasteiger partial charge in [0.2, 0.25) is 41.1 Å². The summed E-state index contributed by atoms with van der Waals surface area (Å²) >= 11 is 0. The Morgan fingerprint density at radius 1 is 1.10 bits per heavy atom. The molecule has 2 aromatic rings. The molecule has 1 aromatic heterocycles. The lowest BCUT2D eigenvalue weighted by atomic mass is 9.99. The van der Waals surface area contributed by atoms with Crippen LogP contribution in [0.4, 0.5) is 34.9 Å². The van der Waals surface area contributed by atoms with Gasteiger partial charge in [0.05, 0.1) is 6.61 Å². The van der Waals surface area contributed by atoms with Crippen LogP contribution in [0.25, 0.3) is 5.69 Å². The fraction of sp³-hybridized carbons (Fsp3) is 0.467. The van der Waals surface area contributed by atoms with Crippen LogP contribution in [0.1, 0.15) is 32.1 Å². The number of aromatic nitrogens is 3. The fourth-order valence-corrected chi connectivity index (χ4v) is 2.73. The maximum absolute atomic E-state index is 14.0. The van der Waals surface area contributed by atoms with Gasteiger partial charge in [-0.25, -0.2) is 17.7 Å². The van der Waals surface area contributed by atoms with Crippen LogP contribution in [0.15, 0.2) is 6.33 Å². The highest BCUT2D eigenvalue weighted by Gasteiger charge is 2.36. The van der Waals surface area contributed by atoms with E-state index in [0.29, 0.717) is 17.1 Å². The van der Waals surface area contributed by atoms with Gasteiger partial charge in [-0.3, -0.25) is 12.9 Å². The Bertz CT molecular complexity index is 817. The number of rotatable bonds is 3. The van der Waals surface area contributed by atoms with Crippen molar-refractivity contribution in [1.29, 1.82) is 0 Å². The van der Waals surface area contributed by atoms with Crippen LogP contribution in [0.2, 0.25) is 0 Å². The summed E-state index contributed by atoms with van der Waals surface area (Å²) in [5.41, 5.74) is -1.10. The molecule has 0 saturated carbocycles. The summed E-state index contributed by atoms with van der Waals surface area (Å²) in [5.74, 6) is -9.51. The Hall–Kier alpha value is -2.25. The molecule has 3 rings (SSSR count). The van der Waals surface area contributed by atoms with E-state index in [4.69, 9.17) is 4.74 Å². The van der Waals surface area contributed by atoms with Crippen molar-refractivity contribution in [2.45, 2.75) is 32.9 Å². The van der Waals surface area contributed by atoms with Gasteiger partial charge < -0.3 is 9.44 Å². The zero-order valence-electron chi connectivity index (χ0n) is 15.1. The average molecular weight is 435 g/mol. The minimum Gasteiger partial charge on any atom is -1.00 e. The molecule has 0 fully saturated rings. The van der Waals surface area contributed by atoms with Gasteiger partial charge in [0.15, 0.2) is 0 Å². The van der Waals surface area contributed by atoms with Gasteiger partial charge in [0.1, 0.15) is 12.6 Å². The third-order valence-corrected chi connectivity index (χ3v) is 4.35. The van der Waals surface area contributed by atoms with Crippen molar-refractivity contribution in [3.05, 3.63) is 41.2 Å². The van der Waals surface area contributed by atoms with Crippen molar-refractivity contribution in [3.63, 3.8) is 0 Å². The van der Waals surface area contributed by atoms with Crippen LogP contribution in [-0.2, 0) is 11.3 Å². The topological polar surface area (TPSA) is 30.9 Å². The summed E-state index contributed by atoms with van der Waals surface area (Å²) in [6.07, 6.45) is 2.07. The molecular weight excluding hydrogens is 420 g/mol. The Morgan fingerprint density at radius 2 is 1.59 bits per heavy atom. The Balaban J connectivity index is 0.000000771. The van der Waals surface area contributed by atoms with Crippen LogP contribution in [0, 0.1) is 35.0 Å². The third kappa shape index (κ3) is 5.03. The number of hydrogen-bond acceptors (Lipinski definition) is 2. The number of fused-ring (bicyclic) bond motifs is 1. The lowest BCUT2D eigenvalue weighted by Gasteiger charge is -2.24. The van der Waals surface area contributed by atoms with Crippen molar-refractivity contribution < 1.29 is 48.9 Å². The highest BCUT2D eigenvalue weighted by Crippen LogP contribution is 2.26. The minimum absolute atomic E-state index is 0. The quantitative estimate of drug-likeness (QED) is 0.236. The van der Waals surface area contributed by atoms with Gasteiger partial charge in [-0.1, -0.05) is 25.0 Å². The van der Waals surface area contributed by atoms with Gasteiger partial charge in [0.25, 0.3) is 0 Å². The van der Waals surface area contributed by atoms with Crippen LogP contribution >= 0.6 is 0 Å². The SMILES string of the molecule is CCC(C)C1COCc2nn(-c3c(F)c(F)c(F)c(F)c3F)c[n+]21.FB(F)F.[F-]. The first-order valence-electron chi connectivity index (χ1n) is 8.11. The third-order valence-electron chi connectivity index (χ3n) is 4.35. The minimum atomic E-state index is -3.67. The summed E-state index contributed by atoms with van der Waals surface area (Å²) in [7, 11) is -3.67. The van der Waals surface area contributed by atoms with E-state index >= 15 is 0 Å². The highest BCUT2D eigenvalue weighted by molar-refractivity contribution is 6.33. The van der Waals surface area contributed by atoms with Crippen LogP contribution in [0.5, 0.6) is 0 Å². The lowest BCUT2D eigenvalue weighted by Crippen LogP contribution is -3.00. The molecule has 0 bridgehead atoms. The van der Waals surface area contributed by atoms with E-state index in [2.05, 4.69) is 5.10 Å². The van der Waals surface area contributed by atoms with E-state index in [-0.39, 0.29) is 23.3 Å². The van der Waals surface area contributed by atoms with Crippen molar-refractivity contribution in [1.82, 2.24) is 9.78 Å². The van der Waals surface area contributed by atoms with Crippen molar-refractivity contribution in [3.8, 4) is 5.69 Å². The summed E-state index contributed by atoms with van der Waals surface area (Å²) in [5, 5.41) is 3.94. The second-order valence-electron chi connectivity index (χ2n) is 6.02. The summed E-state index contributed by atoms with van der Waals surface area (Å²) in [6, 6.07) is -0.131. The zero-order valence-corrected chi connectivity index (χ0v) is 15.1. The molecule has 0 spiro atoms. The largest absolute Gasteiger partial charge is 1.00 e. The van der Waals surface area contributed by atoms with Crippen LogP contribution in [-0.4, -0.2) is 23.9 Å². The average Bonchev–Trinajstić information content (AvgIpc) is 3.07. The molecule has 0 amide bonds. The Kier molecular flexibility index (Phi) is 8.54. The highest BCUT2D eigenvalue weighted by atomic mass is 19.4. The molecule has 2 unspecified atom stereocenters. The number of hydrogen-bond donors (Lipinski definition) is 0. The van der Waals surface area contributed by atoms with E-state index in [9.17, 15) is 34.9 Å². The first kappa shape index (κ1) is 24.8. The van der Waals surface area contributed by atoms with Crippen LogP contribution in [0.3, 0.4) is 0 Å². The molecule has 0 aliphatic carbocycles. The maximum Gasteiger partial charge on any atom is 0.762 e. The monoisotopic (exact) mass is 435 g/mol. The Labute approximate surface area is 159 Å². The second kappa shape index (κ2) is 9.99. The molecular formula is C15H15BF9N3O. The van der Waals surface area contributed by atoms with Gasteiger partial charge >= 0.3 is 13.4 Å². The molecule has 2 heterocycles. The predicted molar refractivity (Wildman–Crippen MR) is 80.8 cm³/mol. The fourth-order valence-electron chi connectivity index (χ4n) is 2.73. The zero-order chi connectivity index (χ0) is 21.2. The molecule has 4 nitrogen and oxygen atoms in total. The molecule has 1 aliphatic heterocycles. The molecule has 14 heteroatoms. The van der Waals surface area contributed by atoms with Crippen molar-refractivity contribution in [2.24, 2.45) is 5.92 Å². The van der Waals surface area contributed by atoms with Crippen molar-refractivity contribution >= 4 is 7.54 Å². The number of ether oxygens (including phenoxy) is 1. The molecule has 0 radical (unpaired) electrons. The molecule has 162 valence electrons. The lowest BCUT2D eigenvalue weighted by molar-refractivity contribution is -0.749. The summed E-state index contributed by atoms with van der Waals surface area (Å²) in [6.45, 7) is 4.44. The number of nitrogens with zero attached hydrogens (tertiary/aromatic N) is 3. The summed E-state index contributed by atoms with van der Waals surface area (Å²) < 4.78 is 105. The molecule has 0 N–H and O–H groups in total. The molecule has 1 aliphatic rings. The van der Waals surface area contributed by atoms with E-state index in [1.807, 2.05) is 13.8 Å². The summed E-state index contributed by atoms with van der Waals surface area (Å²) in [4.78, 5) is 0. The standard InChI is InChI=1S/C15H15F5N3O.BF3.FH/c1-3-7(2)8-4-24-5-9-21-23(6-22(8)9)15-13(19)11(17)10(16)12(18)14(15)20;2-1(3)4;/h6-8H,3-5H2,1-2H3;;1H/q+1;;/p-1. The van der Waals surface area contributed by atoms with Crippen LogP contribution < -0.4 is 9.27 Å². The van der Waals surface area contributed by atoms with Gasteiger partial charge in [-0.05, 0) is 5.92 Å². The normalized spacial score (nSPS) is 16.3. The first-order valence-corrected chi connectivity index (χ1v) is 8.11. The number of benzene rings is 1. The van der Waals surface area contributed by atoms with E-state index in [1.54, 1.807) is 4.57 Å². The van der Waals surface area contributed by atoms with Gasteiger partial charge in [0, 0.05) is 5.10 Å². The molecule has 29 heavy (non-hydrogen) atoms. The first-order chi connectivity index (χ1) is 13.1.